The molecule has 1 aliphatic rings. The van der Waals surface area contributed by atoms with E-state index in [0.717, 1.165) is 4.68 Å². The zero-order valence-electron chi connectivity index (χ0n) is 13.2. The largest absolute Gasteiger partial charge is 0.348 e. The maximum atomic E-state index is 12.1. The average molecular weight is 338 g/mol. The molecule has 9 heteroatoms. The van der Waals surface area contributed by atoms with Gasteiger partial charge in [-0.25, -0.2) is 13.1 Å². The van der Waals surface area contributed by atoms with Crippen LogP contribution in [0.5, 0.6) is 0 Å². The Morgan fingerprint density at radius 2 is 2.13 bits per heavy atom. The third kappa shape index (κ3) is 3.59. The van der Waals surface area contributed by atoms with Crippen molar-refractivity contribution in [1.29, 1.82) is 5.26 Å². The van der Waals surface area contributed by atoms with Gasteiger partial charge in [0.25, 0.3) is 5.56 Å². The second-order valence-electron chi connectivity index (χ2n) is 6.11. The van der Waals surface area contributed by atoms with Gasteiger partial charge in [-0.1, -0.05) is 0 Å². The third-order valence-corrected chi connectivity index (χ3v) is 5.89. The summed E-state index contributed by atoms with van der Waals surface area (Å²) >= 11 is 0. The molecule has 1 amide bonds. The monoisotopic (exact) mass is 338 g/mol. The number of sulfone groups is 1. The van der Waals surface area contributed by atoms with Gasteiger partial charge in [-0.05, 0) is 32.8 Å². The summed E-state index contributed by atoms with van der Waals surface area (Å²) < 4.78 is 24.0. The standard InChI is InChI=1S/C14H18N4O4S/c1-9-10(2)17-18(13(20)11(9)6-15)7-12(19)16-14(3)4-5-23(21,22)8-14/h4-5,7-8H2,1-3H3,(H,16,19). The Bertz CT molecular complexity index is 866. The molecular weight excluding hydrogens is 320 g/mol. The Morgan fingerprint density at radius 1 is 1.48 bits per heavy atom. The van der Waals surface area contributed by atoms with Crippen LogP contribution in [-0.2, 0) is 21.2 Å². The summed E-state index contributed by atoms with van der Waals surface area (Å²) in [5.41, 5.74) is -0.529. The molecule has 0 aromatic carbocycles. The summed E-state index contributed by atoms with van der Waals surface area (Å²) in [4.78, 5) is 24.3. The predicted octanol–water partition coefficient (Wildman–Crippen LogP) is -0.575. The van der Waals surface area contributed by atoms with Crippen LogP contribution in [-0.4, -0.2) is 41.2 Å². The fourth-order valence-electron chi connectivity index (χ4n) is 2.63. The van der Waals surface area contributed by atoms with E-state index in [0.29, 0.717) is 17.7 Å². The van der Waals surface area contributed by atoms with Gasteiger partial charge in [-0.3, -0.25) is 9.59 Å². The van der Waals surface area contributed by atoms with Crippen molar-refractivity contribution >= 4 is 15.7 Å². The van der Waals surface area contributed by atoms with Crippen molar-refractivity contribution in [2.45, 2.75) is 39.3 Å². The van der Waals surface area contributed by atoms with Crippen molar-refractivity contribution in [2.24, 2.45) is 0 Å². The van der Waals surface area contributed by atoms with Crippen molar-refractivity contribution in [3.63, 3.8) is 0 Å². The minimum atomic E-state index is -3.15. The lowest BCUT2D eigenvalue weighted by Crippen LogP contribution is -2.49. The van der Waals surface area contributed by atoms with Crippen molar-refractivity contribution in [2.75, 3.05) is 11.5 Å². The predicted molar refractivity (Wildman–Crippen MR) is 82.5 cm³/mol. The first-order valence-electron chi connectivity index (χ1n) is 7.07. The van der Waals surface area contributed by atoms with Gasteiger partial charge in [0.05, 0.1) is 22.7 Å². The minimum absolute atomic E-state index is 0.0319. The molecule has 0 aliphatic carbocycles. The highest BCUT2D eigenvalue weighted by molar-refractivity contribution is 7.91. The zero-order valence-corrected chi connectivity index (χ0v) is 14.0. The lowest BCUT2D eigenvalue weighted by atomic mass is 10.0. The fraction of sp³-hybridized carbons (Fsp3) is 0.571. The average Bonchev–Trinajstić information content (AvgIpc) is 2.70. The topological polar surface area (TPSA) is 122 Å². The highest BCUT2D eigenvalue weighted by atomic mass is 32.2. The van der Waals surface area contributed by atoms with E-state index in [9.17, 15) is 18.0 Å². The summed E-state index contributed by atoms with van der Waals surface area (Å²) in [7, 11) is -3.15. The maximum absolute atomic E-state index is 12.1. The Morgan fingerprint density at radius 3 is 2.65 bits per heavy atom. The minimum Gasteiger partial charge on any atom is -0.348 e. The van der Waals surface area contributed by atoms with Gasteiger partial charge in [-0.15, -0.1) is 0 Å². The third-order valence-electron chi connectivity index (χ3n) is 3.99. The first kappa shape index (κ1) is 17.1. The van der Waals surface area contributed by atoms with E-state index in [1.807, 2.05) is 6.07 Å². The molecule has 1 aromatic rings. The molecule has 1 fully saturated rings. The van der Waals surface area contributed by atoms with Gasteiger partial charge >= 0.3 is 0 Å². The van der Waals surface area contributed by atoms with E-state index in [1.165, 1.54) is 0 Å². The Hall–Kier alpha value is -2.21. The van der Waals surface area contributed by atoms with Gasteiger partial charge in [0.15, 0.2) is 9.84 Å². The van der Waals surface area contributed by atoms with Crippen LogP contribution in [0.4, 0.5) is 0 Å². The van der Waals surface area contributed by atoms with Gasteiger partial charge in [0.2, 0.25) is 5.91 Å². The zero-order chi connectivity index (χ0) is 17.4. The highest BCUT2D eigenvalue weighted by Crippen LogP contribution is 2.22. The first-order valence-corrected chi connectivity index (χ1v) is 8.89. The molecule has 1 atom stereocenters. The molecule has 1 saturated heterocycles. The molecular formula is C14H18N4O4S. The second kappa shape index (κ2) is 5.77. The van der Waals surface area contributed by atoms with E-state index < -0.39 is 26.8 Å². The highest BCUT2D eigenvalue weighted by Gasteiger charge is 2.39. The number of nitrogens with one attached hydrogen (secondary N) is 1. The number of amides is 1. The first-order chi connectivity index (χ1) is 10.6. The summed E-state index contributed by atoms with van der Waals surface area (Å²) in [6, 6.07) is 1.83. The van der Waals surface area contributed by atoms with Crippen LogP contribution < -0.4 is 10.9 Å². The van der Waals surface area contributed by atoms with Gasteiger partial charge in [0, 0.05) is 0 Å². The molecule has 1 unspecified atom stereocenters. The lowest BCUT2D eigenvalue weighted by molar-refractivity contribution is -0.123. The molecule has 2 rings (SSSR count). The van der Waals surface area contributed by atoms with Crippen LogP contribution in [0.1, 0.15) is 30.2 Å². The van der Waals surface area contributed by atoms with Crippen molar-refractivity contribution < 1.29 is 13.2 Å². The number of carbonyl (C=O) groups excluding carboxylic acids is 1. The van der Waals surface area contributed by atoms with E-state index in [2.05, 4.69) is 10.4 Å². The quantitative estimate of drug-likeness (QED) is 0.787. The molecule has 0 bridgehead atoms. The number of carbonyl (C=O) groups is 1. The van der Waals surface area contributed by atoms with Crippen LogP contribution in [0.2, 0.25) is 0 Å². The molecule has 0 spiro atoms. The number of rotatable bonds is 3. The Kier molecular flexibility index (Phi) is 4.30. The SMILES string of the molecule is Cc1nn(CC(=O)NC2(C)CCS(=O)(=O)C2)c(=O)c(C#N)c1C. The number of hydrogen-bond donors (Lipinski definition) is 1. The van der Waals surface area contributed by atoms with Crippen molar-refractivity contribution in [3.05, 3.63) is 27.2 Å². The van der Waals surface area contributed by atoms with E-state index in [4.69, 9.17) is 5.26 Å². The van der Waals surface area contributed by atoms with Crippen LogP contribution in [0, 0.1) is 25.2 Å². The summed E-state index contributed by atoms with van der Waals surface area (Å²) in [5.74, 6) is -0.597. The Labute approximate surface area is 134 Å². The molecule has 1 N–H and O–H groups in total. The van der Waals surface area contributed by atoms with Gasteiger partial charge < -0.3 is 5.32 Å². The van der Waals surface area contributed by atoms with Crippen molar-refractivity contribution in [1.82, 2.24) is 15.1 Å². The fourth-order valence-corrected chi connectivity index (χ4v) is 4.72. The van der Waals surface area contributed by atoms with E-state index in [1.54, 1.807) is 20.8 Å². The number of nitrogens with zero attached hydrogens (tertiary/aromatic N) is 3. The summed E-state index contributed by atoms with van der Waals surface area (Å²) in [6.45, 7) is 4.57. The van der Waals surface area contributed by atoms with Crippen LogP contribution in [0.25, 0.3) is 0 Å². The number of aromatic nitrogens is 2. The molecule has 2 heterocycles. The Balaban J connectivity index is 2.21. The van der Waals surface area contributed by atoms with E-state index >= 15 is 0 Å². The molecule has 1 aromatic heterocycles. The number of aryl methyl sites for hydroxylation is 1. The maximum Gasteiger partial charge on any atom is 0.285 e. The number of nitriles is 1. The van der Waals surface area contributed by atoms with Crippen LogP contribution in [0.3, 0.4) is 0 Å². The second-order valence-corrected chi connectivity index (χ2v) is 8.29. The van der Waals surface area contributed by atoms with Gasteiger partial charge in [-0.2, -0.15) is 10.4 Å². The lowest BCUT2D eigenvalue weighted by Gasteiger charge is -2.24. The van der Waals surface area contributed by atoms with Crippen LogP contribution >= 0.6 is 0 Å². The normalized spacial score (nSPS) is 22.5. The molecule has 124 valence electrons. The number of hydrogen-bond acceptors (Lipinski definition) is 6. The molecule has 8 nitrogen and oxygen atoms in total. The molecule has 1 aliphatic heterocycles. The van der Waals surface area contributed by atoms with E-state index in [-0.39, 0.29) is 23.6 Å². The molecule has 0 radical (unpaired) electrons. The molecule has 23 heavy (non-hydrogen) atoms. The van der Waals surface area contributed by atoms with Gasteiger partial charge in [0.1, 0.15) is 18.2 Å². The summed E-state index contributed by atoms with van der Waals surface area (Å²) in [5, 5.41) is 15.7. The smallest absolute Gasteiger partial charge is 0.285 e. The summed E-state index contributed by atoms with van der Waals surface area (Å²) in [6.07, 6.45) is 0.333. The molecule has 0 saturated carbocycles. The van der Waals surface area contributed by atoms with Crippen molar-refractivity contribution in [3.8, 4) is 6.07 Å². The van der Waals surface area contributed by atoms with Crippen LogP contribution in [0.15, 0.2) is 4.79 Å².